The fourth-order valence-corrected chi connectivity index (χ4v) is 1.95. The Morgan fingerprint density at radius 1 is 1.46 bits per heavy atom. The zero-order valence-corrected chi connectivity index (χ0v) is 8.46. The molecule has 0 saturated carbocycles. The van der Waals surface area contributed by atoms with Gasteiger partial charge in [-0.05, 0) is 17.0 Å². The van der Waals surface area contributed by atoms with Crippen molar-refractivity contribution >= 4 is 5.69 Å². The van der Waals surface area contributed by atoms with Crippen LogP contribution in [-0.4, -0.2) is 11.5 Å². The number of rotatable bonds is 0. The molecule has 1 aliphatic rings. The molecule has 1 N–H and O–H groups in total. The van der Waals surface area contributed by atoms with Gasteiger partial charge in [0, 0.05) is 18.7 Å². The van der Waals surface area contributed by atoms with Crippen molar-refractivity contribution in [3.63, 3.8) is 0 Å². The topological polar surface area (TPSA) is 24.9 Å². The largest absolute Gasteiger partial charge is 0.383 e. The lowest BCUT2D eigenvalue weighted by atomic mass is 9.78. The highest BCUT2D eigenvalue weighted by atomic mass is 14.9. The summed E-state index contributed by atoms with van der Waals surface area (Å²) in [4.78, 5) is 4.11. The van der Waals surface area contributed by atoms with Gasteiger partial charge in [-0.2, -0.15) is 0 Å². The monoisotopic (exact) mass is 176 g/mol. The van der Waals surface area contributed by atoms with Crippen molar-refractivity contribution in [1.29, 1.82) is 0 Å². The van der Waals surface area contributed by atoms with Gasteiger partial charge in [0.2, 0.25) is 0 Å². The Morgan fingerprint density at radius 2 is 2.23 bits per heavy atom. The number of fused-ring (bicyclic) bond motifs is 1. The lowest BCUT2D eigenvalue weighted by molar-refractivity contribution is 0.339. The molecule has 0 spiro atoms. The molecular formula is C11H16N2. The van der Waals surface area contributed by atoms with Crippen LogP contribution in [0.2, 0.25) is 0 Å². The summed E-state index contributed by atoms with van der Waals surface area (Å²) in [5.41, 5.74) is 2.96. The highest BCUT2D eigenvalue weighted by Gasteiger charge is 2.31. The van der Waals surface area contributed by atoms with Crippen LogP contribution in [0.3, 0.4) is 0 Å². The molecule has 2 nitrogen and oxygen atoms in total. The molecule has 13 heavy (non-hydrogen) atoms. The van der Waals surface area contributed by atoms with Gasteiger partial charge >= 0.3 is 0 Å². The smallest absolute Gasteiger partial charge is 0.0563 e. The first-order valence-corrected chi connectivity index (χ1v) is 4.77. The van der Waals surface area contributed by atoms with Gasteiger partial charge in [-0.3, -0.25) is 4.98 Å². The summed E-state index contributed by atoms with van der Waals surface area (Å²) in [5, 5.41) is 3.39. The summed E-state index contributed by atoms with van der Waals surface area (Å²) in [7, 11) is 0. The number of anilines is 1. The van der Waals surface area contributed by atoms with E-state index in [1.807, 2.05) is 12.4 Å². The maximum atomic E-state index is 4.11. The van der Waals surface area contributed by atoms with Crippen molar-refractivity contribution in [3.8, 4) is 0 Å². The first-order valence-electron chi connectivity index (χ1n) is 4.77. The molecule has 0 aromatic carbocycles. The van der Waals surface area contributed by atoms with E-state index in [-0.39, 0.29) is 0 Å². The molecule has 2 heterocycles. The molecule has 1 aliphatic heterocycles. The van der Waals surface area contributed by atoms with Crippen LogP contribution in [0.5, 0.6) is 0 Å². The predicted molar refractivity (Wildman–Crippen MR) is 54.9 cm³/mol. The van der Waals surface area contributed by atoms with E-state index in [0.29, 0.717) is 11.3 Å². The van der Waals surface area contributed by atoms with Gasteiger partial charge in [-0.15, -0.1) is 0 Å². The Kier molecular flexibility index (Phi) is 1.79. The normalized spacial score (nSPS) is 21.0. The number of aromatic nitrogens is 1. The number of hydrogen-bond acceptors (Lipinski definition) is 2. The van der Waals surface area contributed by atoms with E-state index in [1.165, 1.54) is 11.3 Å². The Labute approximate surface area is 79.4 Å². The molecule has 1 aromatic heterocycles. The zero-order chi connectivity index (χ0) is 9.47. The summed E-state index contributed by atoms with van der Waals surface area (Å²) in [5.74, 6) is 0.616. The molecule has 70 valence electrons. The van der Waals surface area contributed by atoms with Gasteiger partial charge in [-0.25, -0.2) is 0 Å². The summed E-state index contributed by atoms with van der Waals surface area (Å²) < 4.78 is 0. The average Bonchev–Trinajstić information content (AvgIpc) is 2.45. The molecule has 0 aliphatic carbocycles. The lowest BCUT2D eigenvalue weighted by Gasteiger charge is -2.26. The standard InChI is InChI=1S/C11H16N2/c1-11(2,3)9-6-13-10-7-12-5-4-8(9)10/h4-5,7,9,13H,6H2,1-3H3. The Hall–Kier alpha value is -1.05. The number of hydrogen-bond donors (Lipinski definition) is 1. The highest BCUT2D eigenvalue weighted by Crippen LogP contribution is 2.41. The van der Waals surface area contributed by atoms with Crippen LogP contribution in [0.1, 0.15) is 32.3 Å². The van der Waals surface area contributed by atoms with E-state index >= 15 is 0 Å². The molecule has 2 heteroatoms. The predicted octanol–water partition coefficient (Wildman–Crippen LogP) is 2.64. The molecule has 2 rings (SSSR count). The van der Waals surface area contributed by atoms with E-state index in [2.05, 4.69) is 37.1 Å². The quantitative estimate of drug-likeness (QED) is 0.657. The second-order valence-electron chi connectivity index (χ2n) is 4.76. The maximum Gasteiger partial charge on any atom is 0.0563 e. The van der Waals surface area contributed by atoms with Gasteiger partial charge < -0.3 is 5.32 Å². The average molecular weight is 176 g/mol. The second-order valence-corrected chi connectivity index (χ2v) is 4.76. The van der Waals surface area contributed by atoms with E-state index in [0.717, 1.165) is 6.54 Å². The first-order chi connectivity index (χ1) is 6.09. The van der Waals surface area contributed by atoms with Crippen molar-refractivity contribution in [2.24, 2.45) is 5.41 Å². The van der Waals surface area contributed by atoms with Crippen LogP contribution in [0.15, 0.2) is 18.5 Å². The van der Waals surface area contributed by atoms with Crippen LogP contribution in [0, 0.1) is 5.41 Å². The van der Waals surface area contributed by atoms with Crippen LogP contribution in [-0.2, 0) is 0 Å². The minimum atomic E-state index is 0.333. The van der Waals surface area contributed by atoms with Crippen molar-refractivity contribution in [1.82, 2.24) is 4.98 Å². The van der Waals surface area contributed by atoms with Crippen molar-refractivity contribution < 1.29 is 0 Å². The minimum Gasteiger partial charge on any atom is -0.383 e. The third-order valence-electron chi connectivity index (χ3n) is 2.77. The van der Waals surface area contributed by atoms with Gasteiger partial charge in [0.1, 0.15) is 0 Å². The Bertz CT molecular complexity index is 312. The van der Waals surface area contributed by atoms with Gasteiger partial charge in [0.25, 0.3) is 0 Å². The van der Waals surface area contributed by atoms with E-state index in [9.17, 15) is 0 Å². The summed E-state index contributed by atoms with van der Waals surface area (Å²) in [6, 6.07) is 2.13. The molecule has 0 fully saturated rings. The molecule has 0 radical (unpaired) electrons. The fraction of sp³-hybridized carbons (Fsp3) is 0.545. The van der Waals surface area contributed by atoms with E-state index < -0.39 is 0 Å². The number of pyridine rings is 1. The number of nitrogens with zero attached hydrogens (tertiary/aromatic N) is 1. The molecule has 1 atom stereocenters. The van der Waals surface area contributed by atoms with Gasteiger partial charge in [0.05, 0.1) is 11.9 Å². The third kappa shape index (κ3) is 1.41. The van der Waals surface area contributed by atoms with Crippen molar-refractivity contribution in [2.75, 3.05) is 11.9 Å². The lowest BCUT2D eigenvalue weighted by Crippen LogP contribution is -2.19. The molecule has 0 saturated heterocycles. The SMILES string of the molecule is CC(C)(C)C1CNc2cnccc21. The van der Waals surface area contributed by atoms with Crippen molar-refractivity contribution in [2.45, 2.75) is 26.7 Å². The highest BCUT2D eigenvalue weighted by molar-refractivity contribution is 5.56. The minimum absolute atomic E-state index is 0.333. The summed E-state index contributed by atoms with van der Waals surface area (Å²) in [6.07, 6.45) is 3.80. The third-order valence-corrected chi connectivity index (χ3v) is 2.77. The fourth-order valence-electron chi connectivity index (χ4n) is 1.95. The van der Waals surface area contributed by atoms with Crippen LogP contribution in [0.4, 0.5) is 5.69 Å². The summed E-state index contributed by atoms with van der Waals surface area (Å²) in [6.45, 7) is 7.91. The Balaban J connectivity index is 2.39. The molecule has 1 aromatic rings. The van der Waals surface area contributed by atoms with Crippen LogP contribution >= 0.6 is 0 Å². The summed E-state index contributed by atoms with van der Waals surface area (Å²) >= 11 is 0. The molecule has 0 bridgehead atoms. The first kappa shape index (κ1) is 8.54. The van der Waals surface area contributed by atoms with E-state index in [1.54, 1.807) is 0 Å². The second kappa shape index (κ2) is 2.72. The van der Waals surface area contributed by atoms with Crippen molar-refractivity contribution in [3.05, 3.63) is 24.0 Å². The molecule has 1 unspecified atom stereocenters. The number of nitrogens with one attached hydrogen (secondary N) is 1. The van der Waals surface area contributed by atoms with Gasteiger partial charge in [0.15, 0.2) is 0 Å². The van der Waals surface area contributed by atoms with Gasteiger partial charge in [-0.1, -0.05) is 20.8 Å². The van der Waals surface area contributed by atoms with Crippen LogP contribution < -0.4 is 5.32 Å². The van der Waals surface area contributed by atoms with Crippen LogP contribution in [0.25, 0.3) is 0 Å². The van der Waals surface area contributed by atoms with E-state index in [4.69, 9.17) is 0 Å². The maximum absolute atomic E-state index is 4.11. The Morgan fingerprint density at radius 3 is 2.92 bits per heavy atom. The zero-order valence-electron chi connectivity index (χ0n) is 8.46. The molecule has 0 amide bonds. The molecular weight excluding hydrogens is 160 g/mol.